The molecule has 0 fully saturated rings. The van der Waals surface area contributed by atoms with Crippen LogP contribution >= 0.6 is 22.7 Å². The number of para-hydroxylation sites is 2. The average molecular weight is 1470 g/mol. The Hall–Kier alpha value is -14.7. The SMILES string of the molecule is c1ccc(-c2nc(-c3cccc(-c4cc(-c5nc(-c6ccccc6)nc(-c6ccccc6)n5)c5sc6cc(-c7ccc(-c8nc(-c9ccccc9)c9oc%10ccccc%10c9n8)cc7)ccc6c5c4)c3)nc(-c3cccc4c3oc3cccc(-c5ccc(-c6nc(-c7ccccc7)c7sc8ccccc8c7n6)cc5)c34)n2)cc1. The van der Waals surface area contributed by atoms with Gasteiger partial charge in [-0.05, 0) is 88.0 Å². The molecule has 8 aromatic heterocycles. The second-order valence-corrected chi connectivity index (χ2v) is 29.8. The number of furan rings is 2. The number of hydrogen-bond donors (Lipinski definition) is 0. The number of rotatable bonds is 13. The Balaban J connectivity index is 0.651. The Morgan fingerprint density at radius 1 is 0.196 bits per heavy atom. The highest BCUT2D eigenvalue weighted by atomic mass is 32.1. The van der Waals surface area contributed by atoms with Gasteiger partial charge in [0.15, 0.2) is 52.2 Å². The molecule has 522 valence electrons. The molecule has 0 aliphatic rings. The first-order valence-corrected chi connectivity index (χ1v) is 38.5. The molecule has 0 atom stereocenters. The van der Waals surface area contributed by atoms with E-state index in [1.54, 1.807) is 22.7 Å². The second-order valence-electron chi connectivity index (χ2n) is 27.7. The van der Waals surface area contributed by atoms with Crippen LogP contribution in [0.1, 0.15) is 0 Å². The minimum Gasteiger partial charge on any atom is -0.455 e. The lowest BCUT2D eigenvalue weighted by Gasteiger charge is -2.12. The fourth-order valence-corrected chi connectivity index (χ4v) is 17.8. The molecule has 0 unspecified atom stereocenters. The topological polar surface area (TPSA) is 155 Å². The van der Waals surface area contributed by atoms with E-state index in [2.05, 4.69) is 194 Å². The van der Waals surface area contributed by atoms with Gasteiger partial charge in [0, 0.05) is 96.5 Å². The smallest absolute Gasteiger partial charge is 0.180 e. The Morgan fingerprint density at radius 3 is 1.30 bits per heavy atom. The molecule has 0 saturated heterocycles. The molecule has 0 N–H and O–H groups in total. The largest absolute Gasteiger partial charge is 0.455 e. The first-order valence-electron chi connectivity index (χ1n) is 36.9. The maximum atomic E-state index is 7.00. The lowest BCUT2D eigenvalue weighted by molar-refractivity contribution is 0.667. The lowest BCUT2D eigenvalue weighted by atomic mass is 9.96. The zero-order valence-corrected chi connectivity index (χ0v) is 61.1. The molecule has 14 aromatic carbocycles. The number of benzene rings is 14. The number of fused-ring (bicyclic) bond motifs is 12. The lowest BCUT2D eigenvalue weighted by Crippen LogP contribution is -2.01. The van der Waals surface area contributed by atoms with E-state index in [-0.39, 0.29) is 0 Å². The molecule has 0 aliphatic heterocycles. The minimum absolute atomic E-state index is 0.477. The number of hydrogen-bond acceptors (Lipinski definition) is 14. The number of aromatic nitrogens is 10. The van der Waals surface area contributed by atoms with Crippen LogP contribution in [0.2, 0.25) is 0 Å². The highest BCUT2D eigenvalue weighted by Gasteiger charge is 2.25. The summed E-state index contributed by atoms with van der Waals surface area (Å²) >= 11 is 3.47. The van der Waals surface area contributed by atoms with Gasteiger partial charge in [0.25, 0.3) is 0 Å². The van der Waals surface area contributed by atoms with Crippen LogP contribution in [0, 0.1) is 0 Å². The first-order chi connectivity index (χ1) is 55.4. The highest BCUT2D eigenvalue weighted by molar-refractivity contribution is 7.26. The van der Waals surface area contributed by atoms with Crippen molar-refractivity contribution >= 4 is 107 Å². The zero-order valence-electron chi connectivity index (χ0n) is 59.4. The predicted molar refractivity (Wildman–Crippen MR) is 455 cm³/mol. The van der Waals surface area contributed by atoms with E-state index < -0.39 is 0 Å². The highest BCUT2D eigenvalue weighted by Crippen LogP contribution is 2.47. The fourth-order valence-electron chi connectivity index (χ4n) is 15.4. The zero-order chi connectivity index (χ0) is 73.7. The normalized spacial score (nSPS) is 11.8. The van der Waals surface area contributed by atoms with Crippen molar-refractivity contribution in [3.05, 3.63) is 340 Å². The Morgan fingerprint density at radius 2 is 0.634 bits per heavy atom. The summed E-state index contributed by atoms with van der Waals surface area (Å²) in [5.41, 5.74) is 21.2. The van der Waals surface area contributed by atoms with Crippen LogP contribution in [-0.4, -0.2) is 49.8 Å². The van der Waals surface area contributed by atoms with E-state index in [0.29, 0.717) is 57.8 Å². The maximum Gasteiger partial charge on any atom is 0.180 e. The molecule has 0 saturated carbocycles. The molecule has 14 heteroatoms. The van der Waals surface area contributed by atoms with Crippen molar-refractivity contribution in [2.75, 3.05) is 0 Å². The third-order valence-corrected chi connectivity index (χ3v) is 23.2. The van der Waals surface area contributed by atoms with E-state index in [1.165, 1.54) is 4.70 Å². The number of thiophene rings is 2. The molecule has 0 spiro atoms. The maximum absolute atomic E-state index is 7.00. The van der Waals surface area contributed by atoms with E-state index in [1.807, 2.05) is 146 Å². The summed E-state index contributed by atoms with van der Waals surface area (Å²) in [6, 6.07) is 117. The third kappa shape index (κ3) is 11.3. The molecule has 22 rings (SSSR count). The average Bonchev–Trinajstić information content (AvgIpc) is 1.50. The van der Waals surface area contributed by atoms with Gasteiger partial charge >= 0.3 is 0 Å². The standard InChI is InChI=1S/C98H56N10O2S2/c1-6-23-59(24-7-1)83-88-85(72-35-16-18-40-78(72)109-88)101-91(99-83)64-47-43-57(44-48-64)67-51-52-71-76-54-69(55-77(89(76)112-81(71)56-67)98-106-93(61-27-10-3-11-28-61)103-94(107-98)62-29-12-4-13-30-62)66-33-20-34-68(53-66)96-104-95(63-31-14-5-15-32-63)105-97(108-96)75-39-21-38-74-82-70(37-22-41-79(82)110-87(74)75)58-45-49-65(50-46-58)92-100-84(60-25-8-2-9-26-60)90-86(102-92)73-36-17-19-42-80(73)111-90/h1-56H. The van der Waals surface area contributed by atoms with Crippen molar-refractivity contribution in [3.63, 3.8) is 0 Å². The van der Waals surface area contributed by atoms with Crippen molar-refractivity contribution in [2.24, 2.45) is 0 Å². The van der Waals surface area contributed by atoms with Gasteiger partial charge in [-0.15, -0.1) is 22.7 Å². The van der Waals surface area contributed by atoms with Crippen molar-refractivity contribution < 1.29 is 8.83 Å². The summed E-state index contributed by atoms with van der Waals surface area (Å²) in [5.74, 6) is 4.51. The van der Waals surface area contributed by atoms with E-state index in [9.17, 15) is 0 Å². The molecule has 12 nitrogen and oxygen atoms in total. The summed E-state index contributed by atoms with van der Waals surface area (Å²) in [6.45, 7) is 0. The van der Waals surface area contributed by atoms with E-state index in [0.717, 1.165) is 169 Å². The molecule has 0 radical (unpaired) electrons. The van der Waals surface area contributed by atoms with Crippen LogP contribution in [0.3, 0.4) is 0 Å². The fraction of sp³-hybridized carbons (Fsp3) is 0. The van der Waals surface area contributed by atoms with Gasteiger partial charge in [-0.25, -0.2) is 49.8 Å². The van der Waals surface area contributed by atoms with Gasteiger partial charge in [0.05, 0.1) is 21.5 Å². The summed E-state index contributed by atoms with van der Waals surface area (Å²) in [6.07, 6.45) is 0. The Kier molecular flexibility index (Phi) is 15.3. The molecular weight excluding hydrogens is 1410 g/mol. The Bertz CT molecular complexity index is 7420. The van der Waals surface area contributed by atoms with Crippen LogP contribution in [0.5, 0.6) is 0 Å². The molecule has 112 heavy (non-hydrogen) atoms. The van der Waals surface area contributed by atoms with Gasteiger partial charge in [0.2, 0.25) is 0 Å². The quantitative estimate of drug-likeness (QED) is 0.108. The minimum atomic E-state index is 0.477. The molecule has 0 aliphatic carbocycles. The van der Waals surface area contributed by atoms with Gasteiger partial charge < -0.3 is 8.83 Å². The van der Waals surface area contributed by atoms with Crippen molar-refractivity contribution in [2.45, 2.75) is 0 Å². The predicted octanol–water partition coefficient (Wildman–Crippen LogP) is 25.8. The Labute approximate surface area is 648 Å². The van der Waals surface area contributed by atoms with Crippen LogP contribution in [0.4, 0.5) is 0 Å². The van der Waals surface area contributed by atoms with Crippen molar-refractivity contribution in [3.8, 4) is 147 Å². The van der Waals surface area contributed by atoms with Crippen molar-refractivity contribution in [1.29, 1.82) is 0 Å². The molecular formula is C98H56N10O2S2. The molecule has 22 aromatic rings. The van der Waals surface area contributed by atoms with Gasteiger partial charge in [-0.2, -0.15) is 0 Å². The van der Waals surface area contributed by atoms with E-state index >= 15 is 0 Å². The molecule has 0 bridgehead atoms. The second kappa shape index (κ2) is 26.6. The molecule has 8 heterocycles. The summed E-state index contributed by atoms with van der Waals surface area (Å²) in [5, 5.41) is 6.17. The van der Waals surface area contributed by atoms with Crippen LogP contribution < -0.4 is 0 Å². The number of nitrogens with zero attached hydrogens (tertiary/aromatic N) is 10. The van der Waals surface area contributed by atoms with Gasteiger partial charge in [-0.3, -0.25) is 0 Å². The van der Waals surface area contributed by atoms with Gasteiger partial charge in [0.1, 0.15) is 28.0 Å². The van der Waals surface area contributed by atoms with Crippen LogP contribution in [0.15, 0.2) is 349 Å². The van der Waals surface area contributed by atoms with E-state index in [4.69, 9.17) is 58.7 Å². The summed E-state index contributed by atoms with van der Waals surface area (Å²) < 4.78 is 17.8. The molecule has 0 amide bonds. The van der Waals surface area contributed by atoms with Gasteiger partial charge in [-0.1, -0.05) is 285 Å². The summed E-state index contributed by atoms with van der Waals surface area (Å²) in [4.78, 5) is 52.7. The van der Waals surface area contributed by atoms with Crippen LogP contribution in [0.25, 0.3) is 231 Å². The van der Waals surface area contributed by atoms with Crippen LogP contribution in [-0.2, 0) is 0 Å². The third-order valence-electron chi connectivity index (χ3n) is 20.9. The first kappa shape index (κ1) is 64.5. The van der Waals surface area contributed by atoms with Crippen molar-refractivity contribution in [1.82, 2.24) is 49.8 Å². The monoisotopic (exact) mass is 1470 g/mol. The summed E-state index contributed by atoms with van der Waals surface area (Å²) in [7, 11) is 0.